The number of hydrogen-bond donors (Lipinski definition) is 2. The number of carbonyl (C=O) groups excluding carboxylic acids is 2. The number of H-pyrrole nitrogens is 1. The minimum atomic E-state index is -0.410. The van der Waals surface area contributed by atoms with Crippen molar-refractivity contribution in [2.75, 3.05) is 13.1 Å². The van der Waals surface area contributed by atoms with E-state index in [9.17, 15) is 9.59 Å². The molecule has 3 N–H and O–H groups in total. The van der Waals surface area contributed by atoms with Crippen LogP contribution in [0, 0.1) is 0 Å². The van der Waals surface area contributed by atoms with E-state index in [0.717, 1.165) is 10.9 Å². The zero-order valence-electron chi connectivity index (χ0n) is 10.7. The lowest BCUT2D eigenvalue weighted by atomic mass is 10.3. The van der Waals surface area contributed by atoms with Gasteiger partial charge in [0.05, 0.1) is 0 Å². The summed E-state index contributed by atoms with van der Waals surface area (Å²) in [4.78, 5) is 31.7. The van der Waals surface area contributed by atoms with E-state index in [0.29, 0.717) is 18.8 Å². The van der Waals surface area contributed by atoms with Crippen molar-refractivity contribution in [3.8, 4) is 0 Å². The first-order valence-electron chi connectivity index (χ1n) is 6.12. The SMILES string of the molecule is CCN(CCC(N)=O)C(=O)c1cc2cnccc2[nH]1. The summed E-state index contributed by atoms with van der Waals surface area (Å²) in [6.07, 6.45) is 3.53. The number of nitrogens with two attached hydrogens (primary N) is 1. The van der Waals surface area contributed by atoms with Gasteiger partial charge in [-0.15, -0.1) is 0 Å². The van der Waals surface area contributed by atoms with Gasteiger partial charge in [-0.2, -0.15) is 0 Å². The van der Waals surface area contributed by atoms with Crippen molar-refractivity contribution in [3.05, 3.63) is 30.2 Å². The largest absolute Gasteiger partial charge is 0.370 e. The molecule has 19 heavy (non-hydrogen) atoms. The summed E-state index contributed by atoms with van der Waals surface area (Å²) >= 11 is 0. The van der Waals surface area contributed by atoms with Crippen molar-refractivity contribution in [3.63, 3.8) is 0 Å². The third-order valence-corrected chi connectivity index (χ3v) is 2.95. The summed E-state index contributed by atoms with van der Waals surface area (Å²) < 4.78 is 0. The molecule has 0 bridgehead atoms. The van der Waals surface area contributed by atoms with Crippen molar-refractivity contribution in [2.24, 2.45) is 5.73 Å². The van der Waals surface area contributed by atoms with E-state index in [4.69, 9.17) is 5.73 Å². The van der Waals surface area contributed by atoms with Crippen LogP contribution in [0.3, 0.4) is 0 Å². The van der Waals surface area contributed by atoms with Gasteiger partial charge in [0, 0.05) is 42.8 Å². The fourth-order valence-corrected chi connectivity index (χ4v) is 1.91. The molecule has 0 spiro atoms. The van der Waals surface area contributed by atoms with Crippen molar-refractivity contribution >= 4 is 22.7 Å². The second-order valence-electron chi connectivity index (χ2n) is 4.25. The number of hydrogen-bond acceptors (Lipinski definition) is 3. The minimum absolute atomic E-state index is 0.139. The number of rotatable bonds is 5. The lowest BCUT2D eigenvalue weighted by molar-refractivity contribution is -0.118. The molecule has 0 aliphatic heterocycles. The number of aromatic amines is 1. The van der Waals surface area contributed by atoms with E-state index in [-0.39, 0.29) is 12.3 Å². The van der Waals surface area contributed by atoms with Crippen LogP contribution >= 0.6 is 0 Å². The molecule has 6 heteroatoms. The van der Waals surface area contributed by atoms with Gasteiger partial charge < -0.3 is 15.6 Å². The van der Waals surface area contributed by atoms with Crippen LogP contribution in [0.4, 0.5) is 0 Å². The number of pyridine rings is 1. The molecule has 100 valence electrons. The van der Waals surface area contributed by atoms with Crippen LogP contribution in [0.5, 0.6) is 0 Å². The summed E-state index contributed by atoms with van der Waals surface area (Å²) in [6.45, 7) is 2.72. The molecular formula is C13H16N4O2. The molecule has 2 heterocycles. The Balaban J connectivity index is 2.18. The van der Waals surface area contributed by atoms with Crippen molar-refractivity contribution < 1.29 is 9.59 Å². The second-order valence-corrected chi connectivity index (χ2v) is 4.25. The average molecular weight is 260 g/mol. The fraction of sp³-hybridized carbons (Fsp3) is 0.308. The van der Waals surface area contributed by atoms with Crippen LogP contribution in [0.15, 0.2) is 24.5 Å². The normalized spacial score (nSPS) is 10.6. The van der Waals surface area contributed by atoms with E-state index in [1.54, 1.807) is 23.4 Å². The number of nitrogens with one attached hydrogen (secondary N) is 1. The topological polar surface area (TPSA) is 92.1 Å². The van der Waals surface area contributed by atoms with Crippen molar-refractivity contribution in [1.82, 2.24) is 14.9 Å². The maximum atomic E-state index is 12.3. The van der Waals surface area contributed by atoms with Gasteiger partial charge in [-0.05, 0) is 19.1 Å². The number of aromatic nitrogens is 2. The predicted octanol–water partition coefficient (Wildman–Crippen LogP) is 0.900. The molecule has 0 aromatic carbocycles. The van der Waals surface area contributed by atoms with Gasteiger partial charge in [-0.25, -0.2) is 0 Å². The molecule has 2 amide bonds. The monoisotopic (exact) mass is 260 g/mol. The Bertz CT molecular complexity index is 572. The summed E-state index contributed by atoms with van der Waals surface area (Å²) in [6, 6.07) is 3.57. The highest BCUT2D eigenvalue weighted by Gasteiger charge is 2.16. The van der Waals surface area contributed by atoms with Gasteiger partial charge in [-0.1, -0.05) is 0 Å². The molecule has 0 fully saturated rings. The third-order valence-electron chi connectivity index (χ3n) is 2.95. The van der Waals surface area contributed by atoms with E-state index >= 15 is 0 Å². The summed E-state index contributed by atoms with van der Waals surface area (Å²) in [7, 11) is 0. The van der Waals surface area contributed by atoms with Crippen LogP contribution in [0.1, 0.15) is 23.8 Å². The maximum absolute atomic E-state index is 12.3. The number of nitrogens with zero attached hydrogens (tertiary/aromatic N) is 2. The standard InChI is InChI=1S/C13H16N4O2/c1-2-17(6-4-12(14)18)13(19)11-7-9-8-15-5-3-10(9)16-11/h3,5,7-8,16H,2,4,6H2,1H3,(H2,14,18). The summed E-state index contributed by atoms with van der Waals surface area (Å²) in [5, 5.41) is 0.886. The van der Waals surface area contributed by atoms with Gasteiger partial charge >= 0.3 is 0 Å². The predicted molar refractivity (Wildman–Crippen MR) is 71.5 cm³/mol. The Hall–Kier alpha value is -2.37. The lowest BCUT2D eigenvalue weighted by Crippen LogP contribution is -2.34. The molecule has 0 aliphatic carbocycles. The first kappa shape index (κ1) is 13.1. The highest BCUT2D eigenvalue weighted by atomic mass is 16.2. The van der Waals surface area contributed by atoms with Gasteiger partial charge in [0.15, 0.2) is 0 Å². The molecule has 2 aromatic rings. The number of fused-ring (bicyclic) bond motifs is 1. The molecule has 0 unspecified atom stereocenters. The number of carbonyl (C=O) groups is 2. The molecule has 0 atom stereocenters. The van der Waals surface area contributed by atoms with Crippen molar-refractivity contribution in [1.29, 1.82) is 0 Å². The Morgan fingerprint density at radius 3 is 2.89 bits per heavy atom. The Labute approximate surface area is 110 Å². The first-order chi connectivity index (χ1) is 9.11. The van der Waals surface area contributed by atoms with E-state index in [2.05, 4.69) is 9.97 Å². The molecular weight excluding hydrogens is 244 g/mol. The maximum Gasteiger partial charge on any atom is 0.270 e. The Kier molecular flexibility index (Phi) is 3.79. The molecule has 0 saturated heterocycles. The average Bonchev–Trinajstić information content (AvgIpc) is 2.82. The molecule has 0 saturated carbocycles. The van der Waals surface area contributed by atoms with Gasteiger partial charge in [0.2, 0.25) is 5.91 Å². The fourth-order valence-electron chi connectivity index (χ4n) is 1.91. The molecule has 6 nitrogen and oxygen atoms in total. The Morgan fingerprint density at radius 2 is 2.26 bits per heavy atom. The summed E-state index contributed by atoms with van der Waals surface area (Å²) in [5.74, 6) is -0.549. The van der Waals surface area contributed by atoms with Crippen LogP contribution in [0.25, 0.3) is 10.9 Å². The molecule has 0 aliphatic rings. The van der Waals surface area contributed by atoms with Gasteiger partial charge in [0.1, 0.15) is 5.69 Å². The quantitative estimate of drug-likeness (QED) is 0.836. The summed E-state index contributed by atoms with van der Waals surface area (Å²) in [5.41, 5.74) is 6.46. The zero-order chi connectivity index (χ0) is 13.8. The van der Waals surface area contributed by atoms with E-state index < -0.39 is 5.91 Å². The smallest absolute Gasteiger partial charge is 0.270 e. The number of primary amides is 1. The Morgan fingerprint density at radius 1 is 1.47 bits per heavy atom. The first-order valence-corrected chi connectivity index (χ1v) is 6.12. The van der Waals surface area contributed by atoms with Gasteiger partial charge in [0.25, 0.3) is 5.91 Å². The molecule has 2 aromatic heterocycles. The van der Waals surface area contributed by atoms with E-state index in [1.165, 1.54) is 0 Å². The highest BCUT2D eigenvalue weighted by molar-refractivity contribution is 5.97. The number of amides is 2. The van der Waals surface area contributed by atoms with E-state index in [1.807, 2.05) is 13.0 Å². The molecule has 2 rings (SSSR count). The van der Waals surface area contributed by atoms with Crippen LogP contribution in [-0.4, -0.2) is 39.8 Å². The zero-order valence-corrected chi connectivity index (χ0v) is 10.7. The van der Waals surface area contributed by atoms with Crippen molar-refractivity contribution in [2.45, 2.75) is 13.3 Å². The van der Waals surface area contributed by atoms with Crippen LogP contribution in [-0.2, 0) is 4.79 Å². The third kappa shape index (κ3) is 2.90. The van der Waals surface area contributed by atoms with Crippen LogP contribution < -0.4 is 5.73 Å². The van der Waals surface area contributed by atoms with Gasteiger partial charge in [-0.3, -0.25) is 14.6 Å². The lowest BCUT2D eigenvalue weighted by Gasteiger charge is -2.19. The van der Waals surface area contributed by atoms with Crippen LogP contribution in [0.2, 0.25) is 0 Å². The second kappa shape index (κ2) is 5.51. The molecule has 0 radical (unpaired) electrons. The highest BCUT2D eigenvalue weighted by Crippen LogP contribution is 2.15. The minimum Gasteiger partial charge on any atom is -0.370 e.